The van der Waals surface area contributed by atoms with E-state index in [0.29, 0.717) is 0 Å². The molecule has 260 valence electrons. The number of hydrogen-bond acceptors (Lipinski definition) is 3. The fourth-order valence-electron chi connectivity index (χ4n) is 9.86. The topological polar surface area (TPSA) is 29.5 Å². The van der Waals surface area contributed by atoms with E-state index in [1.807, 2.05) is 6.07 Å². The number of hydrogen-bond donors (Lipinski definition) is 0. The molecule has 3 nitrogen and oxygen atoms in total. The minimum absolute atomic E-state index is 0.295. The SMILES string of the molecule is Cc1cccc2oc3c4c(c(N(c5ccc6oc7ccccc7c6c5)c5ccc6c7ccccc7c7ccccc7c6c5)cc3c12)-c1ccccc1C4(C)C. The van der Waals surface area contributed by atoms with Gasteiger partial charge in [0.05, 0.1) is 5.69 Å². The van der Waals surface area contributed by atoms with E-state index in [0.717, 1.165) is 55.6 Å². The summed E-state index contributed by atoms with van der Waals surface area (Å²) in [5.74, 6) is 0. The minimum atomic E-state index is -0.295. The number of anilines is 3. The lowest BCUT2D eigenvalue weighted by Gasteiger charge is -2.29. The van der Waals surface area contributed by atoms with E-state index in [2.05, 4.69) is 177 Å². The molecule has 12 rings (SSSR count). The highest BCUT2D eigenvalue weighted by Gasteiger charge is 2.41. The Morgan fingerprint density at radius 3 is 1.80 bits per heavy atom. The Hall–Kier alpha value is -6.84. The molecule has 0 saturated heterocycles. The largest absolute Gasteiger partial charge is 0.456 e. The Bertz CT molecular complexity index is 3400. The summed E-state index contributed by atoms with van der Waals surface area (Å²) in [6, 6.07) is 57.4. The summed E-state index contributed by atoms with van der Waals surface area (Å²) >= 11 is 0. The summed E-state index contributed by atoms with van der Waals surface area (Å²) < 4.78 is 13.3. The third-order valence-corrected chi connectivity index (χ3v) is 12.3. The van der Waals surface area contributed by atoms with Gasteiger partial charge in [-0.3, -0.25) is 0 Å². The molecule has 11 aromatic rings. The van der Waals surface area contributed by atoms with Gasteiger partial charge in [0, 0.05) is 49.5 Å². The molecule has 0 aliphatic heterocycles. The number of furan rings is 2. The molecule has 0 atom stereocenters. The van der Waals surface area contributed by atoms with Crippen molar-refractivity contribution >= 4 is 93.3 Å². The van der Waals surface area contributed by atoms with Crippen LogP contribution in [0.3, 0.4) is 0 Å². The Morgan fingerprint density at radius 1 is 0.455 bits per heavy atom. The summed E-state index contributed by atoms with van der Waals surface area (Å²) in [4.78, 5) is 2.48. The maximum Gasteiger partial charge on any atom is 0.140 e. The van der Waals surface area contributed by atoms with Gasteiger partial charge in [-0.25, -0.2) is 0 Å². The van der Waals surface area contributed by atoms with E-state index in [9.17, 15) is 0 Å². The van der Waals surface area contributed by atoms with E-state index in [1.165, 1.54) is 65.5 Å². The highest BCUT2D eigenvalue weighted by Crippen LogP contribution is 2.58. The molecule has 0 saturated carbocycles. The zero-order valence-electron chi connectivity index (χ0n) is 30.8. The van der Waals surface area contributed by atoms with Gasteiger partial charge in [-0.05, 0) is 104 Å². The first-order chi connectivity index (χ1) is 27.0. The van der Waals surface area contributed by atoms with Gasteiger partial charge in [0.25, 0.3) is 0 Å². The van der Waals surface area contributed by atoms with Gasteiger partial charge in [-0.2, -0.15) is 0 Å². The average molecular weight is 706 g/mol. The molecule has 9 aromatic carbocycles. The highest BCUT2D eigenvalue weighted by atomic mass is 16.3. The molecule has 0 bridgehead atoms. The van der Waals surface area contributed by atoms with Gasteiger partial charge in [0.1, 0.15) is 22.3 Å². The Kier molecular flexibility index (Phi) is 6.05. The molecule has 0 N–H and O–H groups in total. The highest BCUT2D eigenvalue weighted by molar-refractivity contribution is 6.26. The Balaban J connectivity index is 1.25. The third kappa shape index (κ3) is 4.10. The van der Waals surface area contributed by atoms with Crippen LogP contribution in [0.4, 0.5) is 17.1 Å². The van der Waals surface area contributed by atoms with E-state index in [1.54, 1.807) is 0 Å². The van der Waals surface area contributed by atoms with Gasteiger partial charge >= 0.3 is 0 Å². The monoisotopic (exact) mass is 705 g/mol. The van der Waals surface area contributed by atoms with Crippen LogP contribution in [-0.4, -0.2) is 0 Å². The van der Waals surface area contributed by atoms with Crippen LogP contribution in [0.1, 0.15) is 30.5 Å². The summed E-state index contributed by atoms with van der Waals surface area (Å²) in [5.41, 5.74) is 12.9. The van der Waals surface area contributed by atoms with Gasteiger partial charge < -0.3 is 13.7 Å². The van der Waals surface area contributed by atoms with Crippen LogP contribution in [0, 0.1) is 6.92 Å². The van der Waals surface area contributed by atoms with Crippen molar-refractivity contribution in [3.05, 3.63) is 174 Å². The molecule has 2 aromatic heterocycles. The fourth-order valence-corrected chi connectivity index (χ4v) is 9.86. The summed E-state index contributed by atoms with van der Waals surface area (Å²) in [6.07, 6.45) is 0. The van der Waals surface area contributed by atoms with Crippen molar-refractivity contribution in [1.82, 2.24) is 0 Å². The van der Waals surface area contributed by atoms with Crippen molar-refractivity contribution in [2.45, 2.75) is 26.2 Å². The molecule has 55 heavy (non-hydrogen) atoms. The lowest BCUT2D eigenvalue weighted by molar-refractivity contribution is 0.620. The maximum atomic E-state index is 6.90. The molecule has 0 unspecified atom stereocenters. The van der Waals surface area contributed by atoms with Crippen molar-refractivity contribution < 1.29 is 8.83 Å². The lowest BCUT2D eigenvalue weighted by atomic mass is 9.81. The number of aryl methyl sites for hydroxylation is 1. The van der Waals surface area contributed by atoms with Crippen LogP contribution in [0.5, 0.6) is 0 Å². The van der Waals surface area contributed by atoms with Gasteiger partial charge in [-0.1, -0.05) is 123 Å². The van der Waals surface area contributed by atoms with Gasteiger partial charge in [0.2, 0.25) is 0 Å². The maximum absolute atomic E-state index is 6.90. The number of fused-ring (bicyclic) bond motifs is 16. The smallest absolute Gasteiger partial charge is 0.140 e. The predicted octanol–water partition coefficient (Wildman–Crippen LogP) is 15.0. The first kappa shape index (κ1) is 30.6. The first-order valence-electron chi connectivity index (χ1n) is 19.1. The average Bonchev–Trinajstić information content (AvgIpc) is 3.86. The van der Waals surface area contributed by atoms with Crippen LogP contribution in [-0.2, 0) is 5.41 Å². The van der Waals surface area contributed by atoms with Crippen molar-refractivity contribution in [1.29, 1.82) is 0 Å². The van der Waals surface area contributed by atoms with Crippen molar-refractivity contribution in [2.75, 3.05) is 4.90 Å². The van der Waals surface area contributed by atoms with Crippen LogP contribution < -0.4 is 4.90 Å². The molecule has 0 fully saturated rings. The fraction of sp³-hybridized carbons (Fsp3) is 0.0769. The second-order valence-corrected chi connectivity index (χ2v) is 15.7. The Labute approximate surface area is 317 Å². The molecule has 3 heteroatoms. The number of benzene rings is 9. The molecule has 0 radical (unpaired) electrons. The second-order valence-electron chi connectivity index (χ2n) is 15.7. The molecule has 2 heterocycles. The zero-order valence-corrected chi connectivity index (χ0v) is 30.8. The number of para-hydroxylation sites is 1. The lowest BCUT2D eigenvalue weighted by Crippen LogP contribution is -2.16. The zero-order chi connectivity index (χ0) is 36.6. The van der Waals surface area contributed by atoms with E-state index in [4.69, 9.17) is 8.83 Å². The molecular weight excluding hydrogens is 671 g/mol. The minimum Gasteiger partial charge on any atom is -0.456 e. The van der Waals surface area contributed by atoms with Gasteiger partial charge in [0.15, 0.2) is 0 Å². The third-order valence-electron chi connectivity index (χ3n) is 12.3. The van der Waals surface area contributed by atoms with Crippen LogP contribution >= 0.6 is 0 Å². The second kappa shape index (κ2) is 10.9. The molecule has 0 spiro atoms. The van der Waals surface area contributed by atoms with Crippen molar-refractivity contribution in [3.8, 4) is 11.1 Å². The normalized spacial score (nSPS) is 13.5. The van der Waals surface area contributed by atoms with E-state index >= 15 is 0 Å². The van der Waals surface area contributed by atoms with E-state index in [-0.39, 0.29) is 5.41 Å². The van der Waals surface area contributed by atoms with E-state index < -0.39 is 0 Å². The van der Waals surface area contributed by atoms with Crippen molar-refractivity contribution in [2.24, 2.45) is 0 Å². The molecule has 1 aliphatic rings. The standard InChI is InChI=1S/C52H35NO2/c1-30-13-12-22-47-48(30)42-29-44(49-39-19-8-10-20-43(39)52(2,3)50(49)51(42)55-47)53(32-24-26-46-41(28-32)38-18-9-11-21-45(38)54-46)31-23-25-37-35-16-5-4-14-33(35)34-15-6-7-17-36(34)40(37)27-31/h4-29H,1-3H3. The predicted molar refractivity (Wildman–Crippen MR) is 230 cm³/mol. The number of rotatable bonds is 3. The molecule has 0 amide bonds. The van der Waals surface area contributed by atoms with Crippen LogP contribution in [0.15, 0.2) is 167 Å². The van der Waals surface area contributed by atoms with Crippen molar-refractivity contribution in [3.63, 3.8) is 0 Å². The first-order valence-corrected chi connectivity index (χ1v) is 19.1. The number of nitrogens with zero attached hydrogens (tertiary/aromatic N) is 1. The summed E-state index contributed by atoms with van der Waals surface area (Å²) in [5, 5.41) is 12.0. The van der Waals surface area contributed by atoms with Crippen LogP contribution in [0.2, 0.25) is 0 Å². The summed E-state index contributed by atoms with van der Waals surface area (Å²) in [7, 11) is 0. The van der Waals surface area contributed by atoms with Gasteiger partial charge in [-0.15, -0.1) is 0 Å². The van der Waals surface area contributed by atoms with Crippen LogP contribution in [0.25, 0.3) is 87.3 Å². The Morgan fingerprint density at radius 2 is 1.04 bits per heavy atom. The molecule has 1 aliphatic carbocycles. The molecular formula is C52H35NO2. The summed E-state index contributed by atoms with van der Waals surface area (Å²) in [6.45, 7) is 6.89. The quantitative estimate of drug-likeness (QED) is 0.171.